The summed E-state index contributed by atoms with van der Waals surface area (Å²) in [5.74, 6) is 0.543. The van der Waals surface area contributed by atoms with E-state index < -0.39 is 5.54 Å². The number of hydrogen-bond donors (Lipinski definition) is 0. The Morgan fingerprint density at radius 1 is 1.06 bits per heavy atom. The van der Waals surface area contributed by atoms with Crippen LogP contribution < -0.4 is 0 Å². The van der Waals surface area contributed by atoms with Gasteiger partial charge >= 0.3 is 0 Å². The molecule has 31 heavy (non-hydrogen) atoms. The van der Waals surface area contributed by atoms with E-state index in [0.29, 0.717) is 12.0 Å². The van der Waals surface area contributed by atoms with Crippen molar-refractivity contribution in [1.29, 1.82) is 0 Å². The van der Waals surface area contributed by atoms with Crippen LogP contribution in [0, 0.1) is 18.7 Å². The van der Waals surface area contributed by atoms with Crippen molar-refractivity contribution in [2.75, 3.05) is 13.1 Å². The minimum Gasteiger partial charge on any atom is -0.301 e. The van der Waals surface area contributed by atoms with Gasteiger partial charge in [-0.3, -0.25) is 9.80 Å². The quantitative estimate of drug-likeness (QED) is 0.616. The molecule has 2 aliphatic heterocycles. The van der Waals surface area contributed by atoms with E-state index in [1.54, 1.807) is 12.1 Å². The summed E-state index contributed by atoms with van der Waals surface area (Å²) >= 11 is 0. The molecule has 2 heterocycles. The molecule has 0 bridgehead atoms. The largest absolute Gasteiger partial charge is 0.301 e. The molecule has 5 rings (SSSR count). The van der Waals surface area contributed by atoms with Crippen LogP contribution in [0.3, 0.4) is 0 Å². The highest BCUT2D eigenvalue weighted by atomic mass is 19.1. The van der Waals surface area contributed by atoms with Gasteiger partial charge in [0.2, 0.25) is 0 Å². The first-order chi connectivity index (χ1) is 15.0. The number of hydrogen-bond acceptors (Lipinski definition) is 3. The summed E-state index contributed by atoms with van der Waals surface area (Å²) in [6.07, 6.45) is 7.15. The fourth-order valence-electron chi connectivity index (χ4n) is 5.95. The van der Waals surface area contributed by atoms with Crippen LogP contribution in [0.1, 0.15) is 60.4 Å². The van der Waals surface area contributed by atoms with E-state index in [2.05, 4.69) is 35.8 Å². The summed E-state index contributed by atoms with van der Waals surface area (Å²) in [6.45, 7) is 8.32. The third kappa shape index (κ3) is 4.08. The Morgan fingerprint density at radius 3 is 2.42 bits per heavy atom. The topological polar surface area (TPSA) is 23.6 Å². The smallest absolute Gasteiger partial charge is 0.144 e. The van der Waals surface area contributed by atoms with Crippen molar-refractivity contribution in [1.82, 2.24) is 9.80 Å². The molecule has 2 aromatic carbocycles. The van der Waals surface area contributed by atoms with Gasteiger partial charge in [-0.1, -0.05) is 24.3 Å². The molecule has 0 radical (unpaired) electrons. The molecule has 3 nitrogen and oxygen atoms in total. The number of nitrogens with zero attached hydrogens (tertiary/aromatic N) is 2. The molecule has 1 saturated carbocycles. The van der Waals surface area contributed by atoms with Gasteiger partial charge in [-0.05, 0) is 105 Å². The van der Waals surface area contributed by atoms with Crippen LogP contribution in [0.25, 0.3) is 0 Å². The summed E-state index contributed by atoms with van der Waals surface area (Å²) in [7, 11) is 0. The molecule has 1 aliphatic carbocycles. The van der Waals surface area contributed by atoms with E-state index in [-0.39, 0.29) is 5.82 Å². The van der Waals surface area contributed by atoms with Crippen LogP contribution in [-0.2, 0) is 29.8 Å². The fraction of sp³-hybridized carbons (Fsp3) is 0.519. The molecular formula is C27H33FN2O. The van der Waals surface area contributed by atoms with Gasteiger partial charge < -0.3 is 4.79 Å². The van der Waals surface area contributed by atoms with Gasteiger partial charge in [-0.15, -0.1) is 0 Å². The number of fused-ring (bicyclic) bond motifs is 1. The van der Waals surface area contributed by atoms with E-state index in [9.17, 15) is 9.18 Å². The second-order valence-electron chi connectivity index (χ2n) is 10.1. The first-order valence-corrected chi connectivity index (χ1v) is 11.8. The summed E-state index contributed by atoms with van der Waals surface area (Å²) in [6, 6.07) is 12.2. The predicted molar refractivity (Wildman–Crippen MR) is 121 cm³/mol. The molecule has 0 spiro atoms. The molecular weight excluding hydrogens is 387 g/mol. The lowest BCUT2D eigenvalue weighted by atomic mass is 9.84. The molecule has 1 atom stereocenters. The van der Waals surface area contributed by atoms with Crippen molar-refractivity contribution >= 4 is 6.29 Å². The minimum absolute atomic E-state index is 0.166. The molecule has 0 aromatic heterocycles. The van der Waals surface area contributed by atoms with Crippen molar-refractivity contribution in [3.8, 4) is 0 Å². The van der Waals surface area contributed by atoms with Crippen molar-refractivity contribution in [2.45, 2.75) is 70.6 Å². The van der Waals surface area contributed by atoms with Crippen LogP contribution in [0.5, 0.6) is 0 Å². The number of benzene rings is 2. The standard InChI is InChI=1S/C27H33FN2O/c1-19-13-22(15-23-17-30(25-7-8-25)27(2,18-31)26(19)23)14-20-9-11-29(12-10-20)16-21-3-5-24(28)6-4-21/h3-6,13,15,18,20,25H,7-12,14,16-17H2,1-2H3. The Labute approximate surface area is 185 Å². The highest BCUT2D eigenvalue weighted by Crippen LogP contribution is 2.46. The van der Waals surface area contributed by atoms with Gasteiger partial charge in [-0.25, -0.2) is 4.39 Å². The average molecular weight is 421 g/mol. The highest BCUT2D eigenvalue weighted by molar-refractivity contribution is 5.72. The zero-order chi connectivity index (χ0) is 21.6. The second-order valence-corrected chi connectivity index (χ2v) is 10.1. The summed E-state index contributed by atoms with van der Waals surface area (Å²) in [5, 5.41) is 0. The van der Waals surface area contributed by atoms with Crippen LogP contribution in [0.2, 0.25) is 0 Å². The first kappa shape index (κ1) is 20.8. The van der Waals surface area contributed by atoms with Gasteiger partial charge in [0.05, 0.1) is 0 Å². The number of carbonyl (C=O) groups excluding carboxylic acids is 1. The molecule has 4 heteroatoms. The molecule has 164 valence electrons. The zero-order valence-electron chi connectivity index (χ0n) is 18.7. The molecule has 1 saturated heterocycles. The van der Waals surface area contributed by atoms with Gasteiger partial charge in [0.15, 0.2) is 0 Å². The SMILES string of the molecule is Cc1cc(CC2CCN(Cc3ccc(F)cc3)CC2)cc2c1C(C)(C=O)N(C1CC1)C2. The first-order valence-electron chi connectivity index (χ1n) is 11.8. The van der Waals surface area contributed by atoms with E-state index >= 15 is 0 Å². The van der Waals surface area contributed by atoms with E-state index in [1.807, 2.05) is 12.1 Å². The summed E-state index contributed by atoms with van der Waals surface area (Å²) in [4.78, 5) is 17.0. The van der Waals surface area contributed by atoms with E-state index in [4.69, 9.17) is 0 Å². The Hall–Kier alpha value is -2.04. The maximum atomic E-state index is 13.1. The average Bonchev–Trinajstić information content (AvgIpc) is 3.55. The van der Waals surface area contributed by atoms with Crippen molar-refractivity contribution in [3.05, 3.63) is 70.0 Å². The third-order valence-electron chi connectivity index (χ3n) is 7.69. The van der Waals surface area contributed by atoms with E-state index in [1.165, 1.54) is 59.8 Å². The predicted octanol–water partition coefficient (Wildman–Crippen LogP) is 4.98. The third-order valence-corrected chi connectivity index (χ3v) is 7.69. The zero-order valence-corrected chi connectivity index (χ0v) is 18.7. The van der Waals surface area contributed by atoms with Crippen LogP contribution in [0.4, 0.5) is 4.39 Å². The molecule has 2 fully saturated rings. The Morgan fingerprint density at radius 2 is 1.77 bits per heavy atom. The van der Waals surface area contributed by atoms with Crippen LogP contribution >= 0.6 is 0 Å². The van der Waals surface area contributed by atoms with Gasteiger partial charge in [0.25, 0.3) is 0 Å². The highest BCUT2D eigenvalue weighted by Gasteiger charge is 2.48. The Kier molecular flexibility index (Phi) is 5.47. The Bertz CT molecular complexity index is 960. The monoisotopic (exact) mass is 420 g/mol. The number of halogens is 1. The molecule has 3 aliphatic rings. The summed E-state index contributed by atoms with van der Waals surface area (Å²) in [5.41, 5.74) is 6.06. The lowest BCUT2D eigenvalue weighted by molar-refractivity contribution is -0.118. The maximum Gasteiger partial charge on any atom is 0.144 e. The number of rotatable bonds is 6. The number of likely N-dealkylation sites (tertiary alicyclic amines) is 1. The van der Waals surface area contributed by atoms with Crippen molar-refractivity contribution in [2.24, 2.45) is 5.92 Å². The molecule has 0 amide bonds. The van der Waals surface area contributed by atoms with Crippen molar-refractivity contribution < 1.29 is 9.18 Å². The molecule has 1 unspecified atom stereocenters. The minimum atomic E-state index is -0.454. The lowest BCUT2D eigenvalue weighted by Crippen LogP contribution is -2.41. The molecule has 0 N–H and O–H groups in total. The van der Waals surface area contributed by atoms with Gasteiger partial charge in [-0.2, -0.15) is 0 Å². The number of piperidine rings is 1. The summed E-state index contributed by atoms with van der Waals surface area (Å²) < 4.78 is 13.1. The second kappa shape index (κ2) is 8.14. The Balaban J connectivity index is 1.23. The van der Waals surface area contributed by atoms with Crippen LogP contribution in [-0.4, -0.2) is 35.2 Å². The van der Waals surface area contributed by atoms with Crippen molar-refractivity contribution in [3.63, 3.8) is 0 Å². The van der Waals surface area contributed by atoms with Gasteiger partial charge in [0, 0.05) is 19.1 Å². The van der Waals surface area contributed by atoms with Crippen LogP contribution in [0.15, 0.2) is 36.4 Å². The molecule has 2 aromatic rings. The normalized spacial score (nSPS) is 25.0. The maximum absolute atomic E-state index is 13.1. The number of aldehydes is 1. The van der Waals surface area contributed by atoms with Gasteiger partial charge in [0.1, 0.15) is 17.6 Å². The number of aryl methyl sites for hydroxylation is 1. The number of carbonyl (C=O) groups is 1. The lowest BCUT2D eigenvalue weighted by Gasteiger charge is -2.32. The van der Waals surface area contributed by atoms with E-state index in [0.717, 1.165) is 32.6 Å². The fourth-order valence-corrected chi connectivity index (χ4v) is 5.95.